The minimum absolute atomic E-state index is 0.137. The van der Waals surface area contributed by atoms with Gasteiger partial charge in [-0.3, -0.25) is 0 Å². The standard InChI is InChI=1S/C14H11BrCl2/c1-9-2-5-12(17)8-13(9)14(15)10-3-6-11(16)7-4-10/h2-8,14H,1H3. The second kappa shape index (κ2) is 5.43. The van der Waals surface area contributed by atoms with Crippen molar-refractivity contribution in [1.29, 1.82) is 0 Å². The van der Waals surface area contributed by atoms with Crippen molar-refractivity contribution in [2.24, 2.45) is 0 Å². The lowest BCUT2D eigenvalue weighted by molar-refractivity contribution is 1.14. The molecule has 0 radical (unpaired) electrons. The van der Waals surface area contributed by atoms with Crippen LogP contribution < -0.4 is 0 Å². The molecule has 0 heterocycles. The van der Waals surface area contributed by atoms with Gasteiger partial charge in [0, 0.05) is 10.0 Å². The van der Waals surface area contributed by atoms with Gasteiger partial charge in [-0.15, -0.1) is 0 Å². The molecule has 1 atom stereocenters. The highest BCUT2D eigenvalue weighted by molar-refractivity contribution is 9.09. The lowest BCUT2D eigenvalue weighted by Crippen LogP contribution is -1.95. The Labute approximate surface area is 120 Å². The minimum atomic E-state index is 0.137. The first-order valence-corrected chi connectivity index (χ1v) is 6.90. The molecule has 2 aromatic carbocycles. The molecule has 2 aromatic rings. The summed E-state index contributed by atoms with van der Waals surface area (Å²) in [5.74, 6) is 0. The number of alkyl halides is 1. The van der Waals surface area contributed by atoms with Crippen molar-refractivity contribution < 1.29 is 0 Å². The molecule has 0 fully saturated rings. The van der Waals surface area contributed by atoms with Crippen LogP contribution in [0.5, 0.6) is 0 Å². The van der Waals surface area contributed by atoms with Crippen LogP contribution in [0.15, 0.2) is 42.5 Å². The Morgan fingerprint density at radius 1 is 0.941 bits per heavy atom. The van der Waals surface area contributed by atoms with Crippen LogP contribution in [0.1, 0.15) is 21.5 Å². The first-order chi connectivity index (χ1) is 8.08. The van der Waals surface area contributed by atoms with Gasteiger partial charge in [-0.1, -0.05) is 57.3 Å². The van der Waals surface area contributed by atoms with E-state index in [0.29, 0.717) is 0 Å². The lowest BCUT2D eigenvalue weighted by Gasteiger charge is -2.14. The lowest BCUT2D eigenvalue weighted by atomic mass is 10.0. The van der Waals surface area contributed by atoms with Crippen LogP contribution >= 0.6 is 39.1 Å². The highest BCUT2D eigenvalue weighted by atomic mass is 79.9. The Hall–Kier alpha value is -0.500. The van der Waals surface area contributed by atoms with Gasteiger partial charge in [0.25, 0.3) is 0 Å². The SMILES string of the molecule is Cc1ccc(Cl)cc1C(Br)c1ccc(Cl)cc1. The van der Waals surface area contributed by atoms with Crippen LogP contribution in [-0.2, 0) is 0 Å². The molecule has 0 N–H and O–H groups in total. The quantitative estimate of drug-likeness (QED) is 0.612. The molecular formula is C14H11BrCl2. The molecule has 0 amide bonds. The van der Waals surface area contributed by atoms with Crippen LogP contribution in [0.4, 0.5) is 0 Å². The zero-order chi connectivity index (χ0) is 12.4. The van der Waals surface area contributed by atoms with Crippen molar-refractivity contribution in [2.75, 3.05) is 0 Å². The van der Waals surface area contributed by atoms with Crippen molar-refractivity contribution in [1.82, 2.24) is 0 Å². The minimum Gasteiger partial charge on any atom is -0.0843 e. The molecule has 0 saturated heterocycles. The third-order valence-electron chi connectivity index (χ3n) is 2.68. The molecule has 0 aliphatic heterocycles. The fourth-order valence-electron chi connectivity index (χ4n) is 1.70. The zero-order valence-electron chi connectivity index (χ0n) is 9.25. The van der Waals surface area contributed by atoms with Gasteiger partial charge in [-0.2, -0.15) is 0 Å². The predicted molar refractivity (Wildman–Crippen MR) is 78.4 cm³/mol. The van der Waals surface area contributed by atoms with Gasteiger partial charge in [0.05, 0.1) is 4.83 Å². The summed E-state index contributed by atoms with van der Waals surface area (Å²) in [6, 6.07) is 13.7. The van der Waals surface area contributed by atoms with Crippen molar-refractivity contribution in [3.8, 4) is 0 Å². The average Bonchev–Trinajstić information content (AvgIpc) is 2.32. The molecule has 0 aliphatic carbocycles. The van der Waals surface area contributed by atoms with Gasteiger partial charge in [0.1, 0.15) is 0 Å². The summed E-state index contributed by atoms with van der Waals surface area (Å²) < 4.78 is 0. The fourth-order valence-corrected chi connectivity index (χ4v) is 2.80. The summed E-state index contributed by atoms with van der Waals surface area (Å²) in [4.78, 5) is 0.137. The summed E-state index contributed by atoms with van der Waals surface area (Å²) in [7, 11) is 0. The summed E-state index contributed by atoms with van der Waals surface area (Å²) in [5, 5.41) is 1.50. The van der Waals surface area contributed by atoms with Gasteiger partial charge in [-0.05, 0) is 47.9 Å². The van der Waals surface area contributed by atoms with Crippen LogP contribution in [0.2, 0.25) is 10.0 Å². The van der Waals surface area contributed by atoms with Gasteiger partial charge in [-0.25, -0.2) is 0 Å². The smallest absolute Gasteiger partial charge is 0.0647 e. The Kier molecular flexibility index (Phi) is 4.13. The van der Waals surface area contributed by atoms with E-state index in [2.05, 4.69) is 22.9 Å². The topological polar surface area (TPSA) is 0 Å². The van der Waals surface area contributed by atoms with E-state index in [1.165, 1.54) is 16.7 Å². The van der Waals surface area contributed by atoms with E-state index in [4.69, 9.17) is 23.2 Å². The maximum atomic E-state index is 6.03. The zero-order valence-corrected chi connectivity index (χ0v) is 12.4. The van der Waals surface area contributed by atoms with E-state index in [-0.39, 0.29) is 4.83 Å². The summed E-state index contributed by atoms with van der Waals surface area (Å²) in [6.45, 7) is 2.08. The Balaban J connectivity index is 2.39. The van der Waals surface area contributed by atoms with E-state index < -0.39 is 0 Å². The number of benzene rings is 2. The van der Waals surface area contributed by atoms with E-state index in [1.807, 2.05) is 42.5 Å². The van der Waals surface area contributed by atoms with Crippen molar-refractivity contribution in [3.05, 3.63) is 69.2 Å². The third kappa shape index (κ3) is 3.04. The second-order valence-electron chi connectivity index (χ2n) is 3.92. The van der Waals surface area contributed by atoms with Gasteiger partial charge in [0.15, 0.2) is 0 Å². The van der Waals surface area contributed by atoms with E-state index in [1.54, 1.807) is 0 Å². The largest absolute Gasteiger partial charge is 0.0843 e. The maximum absolute atomic E-state index is 6.03. The number of halogens is 3. The number of aryl methyl sites for hydroxylation is 1. The number of hydrogen-bond acceptors (Lipinski definition) is 0. The molecule has 0 saturated carbocycles. The molecule has 17 heavy (non-hydrogen) atoms. The summed E-state index contributed by atoms with van der Waals surface area (Å²) >= 11 is 15.6. The fraction of sp³-hybridized carbons (Fsp3) is 0.143. The molecule has 0 aliphatic rings. The molecule has 0 spiro atoms. The van der Waals surface area contributed by atoms with Crippen molar-refractivity contribution in [2.45, 2.75) is 11.8 Å². The van der Waals surface area contributed by atoms with Crippen LogP contribution in [0.3, 0.4) is 0 Å². The van der Waals surface area contributed by atoms with Crippen LogP contribution in [-0.4, -0.2) is 0 Å². The van der Waals surface area contributed by atoms with Gasteiger partial charge < -0.3 is 0 Å². The Morgan fingerprint density at radius 2 is 1.53 bits per heavy atom. The highest BCUT2D eigenvalue weighted by Gasteiger charge is 2.13. The molecule has 0 aromatic heterocycles. The molecule has 0 nitrogen and oxygen atoms in total. The molecule has 1 unspecified atom stereocenters. The number of rotatable bonds is 2. The molecule has 3 heteroatoms. The summed E-state index contributed by atoms with van der Waals surface area (Å²) in [6.07, 6.45) is 0. The van der Waals surface area contributed by atoms with Crippen LogP contribution in [0, 0.1) is 6.92 Å². The van der Waals surface area contributed by atoms with E-state index in [9.17, 15) is 0 Å². The Morgan fingerprint density at radius 3 is 2.18 bits per heavy atom. The predicted octanol–water partition coefficient (Wildman–Crippen LogP) is 5.79. The number of hydrogen-bond donors (Lipinski definition) is 0. The molecular weight excluding hydrogens is 319 g/mol. The van der Waals surface area contributed by atoms with Crippen molar-refractivity contribution >= 4 is 39.1 Å². The second-order valence-corrected chi connectivity index (χ2v) is 5.70. The van der Waals surface area contributed by atoms with E-state index >= 15 is 0 Å². The monoisotopic (exact) mass is 328 g/mol. The van der Waals surface area contributed by atoms with Crippen molar-refractivity contribution in [3.63, 3.8) is 0 Å². The first kappa shape index (κ1) is 12.9. The third-order valence-corrected chi connectivity index (χ3v) is 4.19. The molecule has 88 valence electrons. The molecule has 0 bridgehead atoms. The normalized spacial score (nSPS) is 12.5. The Bertz CT molecular complexity index is 520. The summed E-state index contributed by atoms with van der Waals surface area (Å²) in [5.41, 5.74) is 3.56. The first-order valence-electron chi connectivity index (χ1n) is 5.23. The van der Waals surface area contributed by atoms with Gasteiger partial charge in [0.2, 0.25) is 0 Å². The van der Waals surface area contributed by atoms with Crippen LogP contribution in [0.25, 0.3) is 0 Å². The highest BCUT2D eigenvalue weighted by Crippen LogP contribution is 2.34. The molecule has 2 rings (SSSR count). The maximum Gasteiger partial charge on any atom is 0.0647 e. The average molecular weight is 330 g/mol. The van der Waals surface area contributed by atoms with Gasteiger partial charge >= 0.3 is 0 Å². The van der Waals surface area contributed by atoms with E-state index in [0.717, 1.165) is 10.0 Å².